The van der Waals surface area contributed by atoms with Gasteiger partial charge in [0.1, 0.15) is 0 Å². The van der Waals surface area contributed by atoms with E-state index in [2.05, 4.69) is 17.1 Å². The molecule has 0 amide bonds. The summed E-state index contributed by atoms with van der Waals surface area (Å²) in [5.74, 6) is 0.678. The zero-order valence-corrected chi connectivity index (χ0v) is 11.6. The van der Waals surface area contributed by atoms with Crippen LogP contribution in [0.3, 0.4) is 0 Å². The van der Waals surface area contributed by atoms with Gasteiger partial charge in [-0.25, -0.2) is 8.42 Å². The van der Waals surface area contributed by atoms with Crippen LogP contribution in [0.4, 0.5) is 0 Å². The minimum Gasteiger partial charge on any atom is -0.266 e. The molecular weight excluding hydrogens is 250 g/mol. The second-order valence-corrected chi connectivity index (χ2v) is 6.82. The van der Waals surface area contributed by atoms with Gasteiger partial charge < -0.3 is 0 Å². The van der Waals surface area contributed by atoms with Crippen LogP contribution in [0.2, 0.25) is 0 Å². The molecule has 1 N–H and O–H groups in total. The van der Waals surface area contributed by atoms with Crippen molar-refractivity contribution in [3.63, 3.8) is 0 Å². The molecule has 102 valence electrons. The number of nitrogens with one attached hydrogen (secondary N) is 1. The van der Waals surface area contributed by atoms with Crippen LogP contribution in [0.1, 0.15) is 39.0 Å². The molecule has 0 spiro atoms. The molecule has 0 radical (unpaired) electrons. The molecule has 6 heteroatoms. The van der Waals surface area contributed by atoms with Gasteiger partial charge in [-0.15, -0.1) is 0 Å². The molecule has 5 nitrogen and oxygen atoms in total. The Morgan fingerprint density at radius 1 is 1.44 bits per heavy atom. The van der Waals surface area contributed by atoms with Crippen LogP contribution in [0.5, 0.6) is 0 Å². The molecule has 2 rings (SSSR count). The Hall–Kier alpha value is -0.880. The molecule has 1 aliphatic heterocycles. The number of hydrogen-bond donors (Lipinski definition) is 1. The van der Waals surface area contributed by atoms with Crippen molar-refractivity contribution in [2.45, 2.75) is 44.1 Å². The van der Waals surface area contributed by atoms with E-state index in [4.69, 9.17) is 0 Å². The quantitative estimate of drug-likeness (QED) is 0.911. The van der Waals surface area contributed by atoms with Gasteiger partial charge in [-0.3, -0.25) is 5.10 Å². The highest BCUT2D eigenvalue weighted by Crippen LogP contribution is 2.24. The fraction of sp³-hybridized carbons (Fsp3) is 0.750. The van der Waals surface area contributed by atoms with E-state index < -0.39 is 10.0 Å². The molecule has 0 aromatic carbocycles. The van der Waals surface area contributed by atoms with Crippen LogP contribution in [0, 0.1) is 5.92 Å². The first-order chi connectivity index (χ1) is 8.64. The number of nitrogens with zero attached hydrogens (tertiary/aromatic N) is 2. The Morgan fingerprint density at radius 2 is 2.28 bits per heavy atom. The second-order valence-electron chi connectivity index (χ2n) is 4.91. The summed E-state index contributed by atoms with van der Waals surface area (Å²) in [5, 5.41) is 6.48. The normalized spacial score (nSPS) is 22.8. The Bertz CT molecular complexity index is 456. The molecule has 1 aromatic rings. The predicted molar refractivity (Wildman–Crippen MR) is 69.6 cm³/mol. The van der Waals surface area contributed by atoms with Crippen molar-refractivity contribution in [3.8, 4) is 0 Å². The molecule has 1 saturated heterocycles. The largest absolute Gasteiger partial charge is 0.266 e. The van der Waals surface area contributed by atoms with Gasteiger partial charge in [0, 0.05) is 13.1 Å². The van der Waals surface area contributed by atoms with E-state index >= 15 is 0 Å². The highest BCUT2D eigenvalue weighted by Gasteiger charge is 2.28. The Morgan fingerprint density at radius 3 is 2.94 bits per heavy atom. The molecular formula is C12H21N3O2S. The lowest BCUT2D eigenvalue weighted by atomic mass is 9.96. The van der Waals surface area contributed by atoms with Crippen LogP contribution in [0.25, 0.3) is 0 Å². The second kappa shape index (κ2) is 5.84. The van der Waals surface area contributed by atoms with Crippen LogP contribution < -0.4 is 0 Å². The zero-order chi connectivity index (χ0) is 13.0. The third-order valence-corrected chi connectivity index (χ3v) is 5.42. The minimum absolute atomic E-state index is 0.205. The van der Waals surface area contributed by atoms with Crippen LogP contribution >= 0.6 is 0 Å². The van der Waals surface area contributed by atoms with E-state index in [-0.39, 0.29) is 5.03 Å². The summed E-state index contributed by atoms with van der Waals surface area (Å²) in [6, 6.07) is 1.52. The summed E-state index contributed by atoms with van der Waals surface area (Å²) in [5.41, 5.74) is 0. The third kappa shape index (κ3) is 2.92. The fourth-order valence-corrected chi connectivity index (χ4v) is 4.00. The van der Waals surface area contributed by atoms with Gasteiger partial charge in [0.2, 0.25) is 0 Å². The molecule has 18 heavy (non-hydrogen) atoms. The highest BCUT2D eigenvalue weighted by atomic mass is 32.2. The number of rotatable bonds is 4. The van der Waals surface area contributed by atoms with E-state index in [1.165, 1.54) is 25.1 Å². The van der Waals surface area contributed by atoms with Gasteiger partial charge in [0.05, 0.1) is 6.20 Å². The Balaban J connectivity index is 2.06. The average Bonchev–Trinajstić information content (AvgIpc) is 2.78. The van der Waals surface area contributed by atoms with E-state index in [0.29, 0.717) is 19.0 Å². The zero-order valence-electron chi connectivity index (χ0n) is 10.8. The molecule has 2 heterocycles. The summed E-state index contributed by atoms with van der Waals surface area (Å²) in [6.07, 6.45) is 6.93. The first-order valence-electron chi connectivity index (χ1n) is 6.64. The van der Waals surface area contributed by atoms with Crippen molar-refractivity contribution < 1.29 is 8.42 Å². The molecule has 1 atom stereocenters. The number of hydrogen-bond acceptors (Lipinski definition) is 3. The maximum absolute atomic E-state index is 12.3. The molecule has 1 unspecified atom stereocenters. The molecule has 0 saturated carbocycles. The summed E-state index contributed by atoms with van der Waals surface area (Å²) in [4.78, 5) is 0. The summed E-state index contributed by atoms with van der Waals surface area (Å²) < 4.78 is 26.2. The number of sulfonamides is 1. The minimum atomic E-state index is -3.37. The van der Waals surface area contributed by atoms with Crippen LogP contribution in [0.15, 0.2) is 17.3 Å². The third-order valence-electron chi connectivity index (χ3n) is 3.60. The van der Waals surface area contributed by atoms with Gasteiger partial charge in [0.25, 0.3) is 10.0 Å². The van der Waals surface area contributed by atoms with Gasteiger partial charge in [0.15, 0.2) is 5.03 Å². The monoisotopic (exact) mass is 271 g/mol. The van der Waals surface area contributed by atoms with E-state index in [1.54, 1.807) is 4.31 Å². The van der Waals surface area contributed by atoms with Crippen molar-refractivity contribution >= 4 is 10.0 Å². The van der Waals surface area contributed by atoms with Gasteiger partial charge in [-0.2, -0.15) is 9.40 Å². The summed E-state index contributed by atoms with van der Waals surface area (Å²) >= 11 is 0. The smallest absolute Gasteiger partial charge is 0.259 e. The standard InChI is InChI=1S/C12H21N3O2S/c1-2-4-11-5-3-9-15(10-7-11)18(16,17)12-6-8-13-14-12/h6,8,11H,2-5,7,9-10H2,1H3,(H,13,14). The van der Waals surface area contributed by atoms with Crippen molar-refractivity contribution in [1.82, 2.24) is 14.5 Å². The van der Waals surface area contributed by atoms with E-state index in [0.717, 1.165) is 19.3 Å². The van der Waals surface area contributed by atoms with Gasteiger partial charge >= 0.3 is 0 Å². The maximum Gasteiger partial charge on any atom is 0.259 e. The Kier molecular flexibility index (Phi) is 4.40. The predicted octanol–water partition coefficient (Wildman–Crippen LogP) is 2.00. The van der Waals surface area contributed by atoms with Crippen molar-refractivity contribution in [3.05, 3.63) is 12.3 Å². The molecule has 1 aliphatic rings. The summed E-state index contributed by atoms with van der Waals surface area (Å²) in [6.45, 7) is 3.44. The van der Waals surface area contributed by atoms with Crippen molar-refractivity contribution in [2.24, 2.45) is 5.92 Å². The highest BCUT2D eigenvalue weighted by molar-refractivity contribution is 7.89. The topological polar surface area (TPSA) is 66.1 Å². The van der Waals surface area contributed by atoms with E-state index in [1.807, 2.05) is 0 Å². The number of H-pyrrole nitrogens is 1. The fourth-order valence-electron chi connectivity index (χ4n) is 2.60. The molecule has 1 aromatic heterocycles. The lowest BCUT2D eigenvalue weighted by Gasteiger charge is -2.19. The first kappa shape index (κ1) is 13.5. The Labute approximate surface area is 109 Å². The lowest BCUT2D eigenvalue weighted by Crippen LogP contribution is -2.32. The lowest BCUT2D eigenvalue weighted by molar-refractivity contribution is 0.398. The maximum atomic E-state index is 12.3. The van der Waals surface area contributed by atoms with Gasteiger partial charge in [-0.05, 0) is 31.2 Å². The van der Waals surface area contributed by atoms with Crippen LogP contribution in [-0.4, -0.2) is 36.0 Å². The molecule has 0 bridgehead atoms. The summed E-state index contributed by atoms with van der Waals surface area (Å²) in [7, 11) is -3.37. The van der Waals surface area contributed by atoms with Crippen molar-refractivity contribution in [2.75, 3.05) is 13.1 Å². The van der Waals surface area contributed by atoms with E-state index in [9.17, 15) is 8.42 Å². The SMILES string of the molecule is CCCC1CCCN(S(=O)(=O)c2ccn[nH]2)CC1. The number of aromatic nitrogens is 2. The molecule has 1 fully saturated rings. The average molecular weight is 271 g/mol. The van der Waals surface area contributed by atoms with Crippen molar-refractivity contribution in [1.29, 1.82) is 0 Å². The number of aromatic amines is 1. The van der Waals surface area contributed by atoms with Gasteiger partial charge in [-0.1, -0.05) is 19.8 Å². The van der Waals surface area contributed by atoms with Crippen LogP contribution in [-0.2, 0) is 10.0 Å². The first-order valence-corrected chi connectivity index (χ1v) is 8.08. The molecule has 0 aliphatic carbocycles.